The molecule has 2 amide bonds. The average molecular weight is 514 g/mol. The van der Waals surface area contributed by atoms with E-state index in [-0.39, 0.29) is 24.4 Å². The number of carbonyl (C=O) groups excluding carboxylic acids is 2. The van der Waals surface area contributed by atoms with Gasteiger partial charge in [0, 0.05) is 24.8 Å². The van der Waals surface area contributed by atoms with Crippen LogP contribution in [0.3, 0.4) is 0 Å². The second-order valence-electron chi connectivity index (χ2n) is 10.6. The quantitative estimate of drug-likeness (QED) is 0.440. The molecule has 1 unspecified atom stereocenters. The summed E-state index contributed by atoms with van der Waals surface area (Å²) in [6.45, 7) is 3.52. The third kappa shape index (κ3) is 5.97. The lowest BCUT2D eigenvalue weighted by atomic mass is 9.93. The van der Waals surface area contributed by atoms with Gasteiger partial charge in [0.25, 0.3) is 0 Å². The molecule has 0 radical (unpaired) electrons. The van der Waals surface area contributed by atoms with Crippen molar-refractivity contribution in [3.05, 3.63) is 101 Å². The summed E-state index contributed by atoms with van der Waals surface area (Å²) in [6.07, 6.45) is 6.10. The summed E-state index contributed by atoms with van der Waals surface area (Å²) < 4.78 is 14.5. The maximum Gasteiger partial charge on any atom is 0.248 e. The molecule has 0 saturated heterocycles. The molecule has 1 atom stereocenters. The van der Waals surface area contributed by atoms with Crippen LogP contribution in [0.25, 0.3) is 0 Å². The minimum atomic E-state index is -0.899. The molecule has 6 heteroatoms. The van der Waals surface area contributed by atoms with Gasteiger partial charge in [-0.15, -0.1) is 0 Å². The Kier molecular flexibility index (Phi) is 8.18. The zero-order valence-corrected chi connectivity index (χ0v) is 22.0. The van der Waals surface area contributed by atoms with Gasteiger partial charge >= 0.3 is 0 Å². The molecule has 5 rings (SSSR count). The van der Waals surface area contributed by atoms with Crippen molar-refractivity contribution in [1.29, 1.82) is 0 Å². The molecule has 3 aromatic carbocycles. The molecule has 1 aliphatic heterocycles. The first kappa shape index (κ1) is 26.1. The number of anilines is 1. The molecule has 2 aliphatic rings. The molecular weight excluding hydrogens is 477 g/mol. The third-order valence-corrected chi connectivity index (χ3v) is 7.86. The van der Waals surface area contributed by atoms with E-state index in [1.165, 1.54) is 34.6 Å². The summed E-state index contributed by atoms with van der Waals surface area (Å²) in [5.74, 6) is -0.877. The van der Waals surface area contributed by atoms with E-state index in [9.17, 15) is 14.0 Å². The highest BCUT2D eigenvalue weighted by molar-refractivity contribution is 6.02. The number of amides is 2. The monoisotopic (exact) mass is 513 g/mol. The summed E-state index contributed by atoms with van der Waals surface area (Å²) in [5, 5.41) is 3.24. The van der Waals surface area contributed by atoms with Crippen molar-refractivity contribution < 1.29 is 14.0 Å². The molecule has 5 nitrogen and oxygen atoms in total. The summed E-state index contributed by atoms with van der Waals surface area (Å²) in [6, 6.07) is 21.2. The molecular formula is C32H36FN3O2. The van der Waals surface area contributed by atoms with Gasteiger partial charge in [-0.25, -0.2) is 4.39 Å². The van der Waals surface area contributed by atoms with Crippen molar-refractivity contribution in [3.8, 4) is 0 Å². The molecule has 198 valence electrons. The van der Waals surface area contributed by atoms with Crippen LogP contribution in [0.15, 0.2) is 72.8 Å². The first-order valence-electron chi connectivity index (χ1n) is 13.7. The number of carbonyl (C=O) groups is 2. The number of nitrogens with zero attached hydrogens (tertiary/aromatic N) is 2. The van der Waals surface area contributed by atoms with Crippen LogP contribution in [0, 0.1) is 12.7 Å². The van der Waals surface area contributed by atoms with E-state index < -0.39 is 11.9 Å². The first-order valence-corrected chi connectivity index (χ1v) is 13.7. The Morgan fingerprint density at radius 2 is 1.71 bits per heavy atom. The minimum Gasteiger partial charge on any atom is -0.351 e. The second-order valence-corrected chi connectivity index (χ2v) is 10.6. The van der Waals surface area contributed by atoms with Crippen molar-refractivity contribution >= 4 is 17.5 Å². The molecule has 0 bridgehead atoms. The number of hydrogen-bond donors (Lipinski definition) is 1. The number of aryl methyl sites for hydroxylation is 1. The van der Waals surface area contributed by atoms with Gasteiger partial charge in [0.2, 0.25) is 11.8 Å². The Hall–Kier alpha value is -3.51. The largest absolute Gasteiger partial charge is 0.351 e. The predicted molar refractivity (Wildman–Crippen MR) is 148 cm³/mol. The second kappa shape index (κ2) is 11.9. The zero-order chi connectivity index (χ0) is 26.5. The molecule has 1 fully saturated rings. The van der Waals surface area contributed by atoms with Crippen LogP contribution in [0.5, 0.6) is 0 Å². The SMILES string of the molecule is Cc1ccccc1C(C(=O)NC1CCCCC1)N(C(=O)CN1CCc2ccccc2C1)c1cccc(F)c1. The topological polar surface area (TPSA) is 52.7 Å². The van der Waals surface area contributed by atoms with E-state index >= 15 is 0 Å². The van der Waals surface area contributed by atoms with E-state index in [4.69, 9.17) is 0 Å². The van der Waals surface area contributed by atoms with Crippen LogP contribution >= 0.6 is 0 Å². The Labute approximate surface area is 224 Å². The van der Waals surface area contributed by atoms with Gasteiger partial charge in [0.05, 0.1) is 6.54 Å². The summed E-state index contributed by atoms with van der Waals surface area (Å²) >= 11 is 0. The van der Waals surface area contributed by atoms with E-state index in [2.05, 4.69) is 22.3 Å². The highest BCUT2D eigenvalue weighted by atomic mass is 19.1. The van der Waals surface area contributed by atoms with Gasteiger partial charge < -0.3 is 5.32 Å². The van der Waals surface area contributed by atoms with Crippen LogP contribution in [-0.2, 0) is 22.6 Å². The Morgan fingerprint density at radius 3 is 2.47 bits per heavy atom. The van der Waals surface area contributed by atoms with E-state index in [1.807, 2.05) is 43.3 Å². The Morgan fingerprint density at radius 1 is 0.974 bits per heavy atom. The lowest BCUT2D eigenvalue weighted by molar-refractivity contribution is -0.127. The smallest absolute Gasteiger partial charge is 0.248 e. The summed E-state index contributed by atoms with van der Waals surface area (Å²) in [7, 11) is 0. The molecule has 38 heavy (non-hydrogen) atoms. The van der Waals surface area contributed by atoms with Gasteiger partial charge in [-0.2, -0.15) is 0 Å². The van der Waals surface area contributed by atoms with Crippen LogP contribution < -0.4 is 10.2 Å². The van der Waals surface area contributed by atoms with Gasteiger partial charge in [0.15, 0.2) is 0 Å². The Balaban J connectivity index is 1.49. The van der Waals surface area contributed by atoms with Gasteiger partial charge in [0.1, 0.15) is 11.9 Å². The van der Waals surface area contributed by atoms with Gasteiger partial charge in [-0.3, -0.25) is 19.4 Å². The molecule has 3 aromatic rings. The van der Waals surface area contributed by atoms with Crippen molar-refractivity contribution in [1.82, 2.24) is 10.2 Å². The highest BCUT2D eigenvalue weighted by Gasteiger charge is 2.36. The first-order chi connectivity index (χ1) is 18.5. The van der Waals surface area contributed by atoms with Crippen LogP contribution in [0.1, 0.15) is 60.4 Å². The zero-order valence-electron chi connectivity index (χ0n) is 22.0. The van der Waals surface area contributed by atoms with Crippen LogP contribution in [-0.4, -0.2) is 35.8 Å². The van der Waals surface area contributed by atoms with Crippen molar-refractivity contribution in [2.75, 3.05) is 18.0 Å². The summed E-state index contributed by atoms with van der Waals surface area (Å²) in [5.41, 5.74) is 4.58. The number of benzene rings is 3. The highest BCUT2D eigenvalue weighted by Crippen LogP contribution is 2.32. The fraction of sp³-hybridized carbons (Fsp3) is 0.375. The van der Waals surface area contributed by atoms with E-state index in [0.717, 1.165) is 49.8 Å². The lowest BCUT2D eigenvalue weighted by Crippen LogP contribution is -2.50. The van der Waals surface area contributed by atoms with Crippen molar-refractivity contribution in [3.63, 3.8) is 0 Å². The normalized spacial score (nSPS) is 16.9. The number of rotatable bonds is 7. The number of fused-ring (bicyclic) bond motifs is 1. The van der Waals surface area contributed by atoms with Gasteiger partial charge in [-0.05, 0) is 66.6 Å². The van der Waals surface area contributed by atoms with Crippen LogP contribution in [0.2, 0.25) is 0 Å². The van der Waals surface area contributed by atoms with Crippen LogP contribution in [0.4, 0.5) is 10.1 Å². The maximum atomic E-state index is 14.5. The molecule has 1 saturated carbocycles. The van der Waals surface area contributed by atoms with Crippen molar-refractivity contribution in [2.45, 2.75) is 64.1 Å². The third-order valence-electron chi connectivity index (χ3n) is 7.86. The Bertz CT molecular complexity index is 1290. The fourth-order valence-electron chi connectivity index (χ4n) is 5.84. The summed E-state index contributed by atoms with van der Waals surface area (Å²) in [4.78, 5) is 31.8. The lowest BCUT2D eigenvalue weighted by Gasteiger charge is -2.36. The fourth-order valence-corrected chi connectivity index (χ4v) is 5.84. The predicted octanol–water partition coefficient (Wildman–Crippen LogP) is 5.72. The molecule has 1 aliphatic carbocycles. The standard InChI is InChI=1S/C32H36FN3O2/c1-23-10-5-8-17-29(23)31(32(38)34-27-14-3-2-4-15-27)36(28-16-9-13-26(33)20-28)30(37)22-35-19-18-24-11-6-7-12-25(24)21-35/h5-13,16-17,20,27,31H,2-4,14-15,18-19,21-22H2,1H3,(H,34,38). The van der Waals surface area contributed by atoms with E-state index in [0.29, 0.717) is 12.2 Å². The van der Waals surface area contributed by atoms with Crippen molar-refractivity contribution in [2.24, 2.45) is 0 Å². The molecule has 0 aromatic heterocycles. The molecule has 0 spiro atoms. The van der Waals surface area contributed by atoms with Gasteiger partial charge in [-0.1, -0.05) is 73.9 Å². The number of halogens is 1. The minimum absolute atomic E-state index is 0.0887. The van der Waals surface area contributed by atoms with E-state index in [1.54, 1.807) is 12.1 Å². The molecule has 1 heterocycles. The number of hydrogen-bond acceptors (Lipinski definition) is 3. The molecule has 1 N–H and O–H groups in total. The number of nitrogens with one attached hydrogen (secondary N) is 1. The maximum absolute atomic E-state index is 14.5. The average Bonchev–Trinajstić information content (AvgIpc) is 2.92.